The molecule has 5 heteroatoms. The van der Waals surface area contributed by atoms with Crippen LogP contribution < -0.4 is 10.1 Å². The predicted molar refractivity (Wildman–Crippen MR) is 106 cm³/mol. The van der Waals surface area contributed by atoms with E-state index in [0.717, 1.165) is 16.3 Å². The molecule has 0 heterocycles. The maximum Gasteiger partial charge on any atom is 0.238 e. The van der Waals surface area contributed by atoms with E-state index in [0.29, 0.717) is 19.7 Å². The third kappa shape index (κ3) is 6.44. The van der Waals surface area contributed by atoms with Crippen LogP contribution in [-0.2, 0) is 4.79 Å². The Morgan fingerprint density at radius 2 is 1.84 bits per heavy atom. The molecule has 0 radical (unpaired) electrons. The van der Waals surface area contributed by atoms with Crippen LogP contribution in [0, 0.1) is 13.8 Å². The number of carbonyl (C=O) groups is 1. The fourth-order valence-electron chi connectivity index (χ4n) is 2.60. The Kier molecular flexibility index (Phi) is 7.34. The number of aryl methyl sites for hydroxylation is 2. The number of nitrogens with one attached hydrogen (secondary N) is 1. The quantitative estimate of drug-likeness (QED) is 0.725. The van der Waals surface area contributed by atoms with Gasteiger partial charge in [0.2, 0.25) is 5.91 Å². The smallest absolute Gasteiger partial charge is 0.238 e. The molecular formula is C20H26N2O2S. The van der Waals surface area contributed by atoms with Crippen molar-refractivity contribution in [2.24, 2.45) is 0 Å². The van der Waals surface area contributed by atoms with Gasteiger partial charge in [-0.25, -0.2) is 0 Å². The molecule has 0 fully saturated rings. The van der Waals surface area contributed by atoms with Crippen molar-refractivity contribution in [1.82, 2.24) is 4.90 Å². The summed E-state index contributed by atoms with van der Waals surface area (Å²) in [7, 11) is 1.92. The number of hydrogen-bond acceptors (Lipinski definition) is 4. The minimum atomic E-state index is -0.0181. The second kappa shape index (κ2) is 9.49. The number of hydrogen-bond donors (Lipinski definition) is 1. The Hall–Kier alpha value is -1.98. The lowest BCUT2D eigenvalue weighted by atomic mass is 10.1. The summed E-state index contributed by atoms with van der Waals surface area (Å²) in [6, 6.07) is 14.0. The highest BCUT2D eigenvalue weighted by molar-refractivity contribution is 7.98. The van der Waals surface area contributed by atoms with E-state index in [1.54, 1.807) is 11.8 Å². The van der Waals surface area contributed by atoms with Gasteiger partial charge in [-0.3, -0.25) is 9.69 Å². The summed E-state index contributed by atoms with van der Waals surface area (Å²) in [6.07, 6.45) is 2.00. The molecule has 1 N–H and O–H groups in total. The molecule has 1 amide bonds. The predicted octanol–water partition coefficient (Wildman–Crippen LogP) is 3.97. The van der Waals surface area contributed by atoms with Crippen LogP contribution in [-0.4, -0.2) is 43.8 Å². The lowest BCUT2D eigenvalue weighted by Crippen LogP contribution is -2.33. The minimum absolute atomic E-state index is 0.0181. The normalized spacial score (nSPS) is 10.8. The van der Waals surface area contributed by atoms with Crippen molar-refractivity contribution in [1.29, 1.82) is 0 Å². The van der Waals surface area contributed by atoms with Gasteiger partial charge in [-0.1, -0.05) is 18.2 Å². The maximum absolute atomic E-state index is 12.2. The molecule has 0 spiro atoms. The number of thioether (sulfide) groups is 1. The van der Waals surface area contributed by atoms with Gasteiger partial charge in [0.1, 0.15) is 12.4 Å². The Morgan fingerprint density at radius 1 is 1.16 bits per heavy atom. The fraction of sp³-hybridized carbons (Fsp3) is 0.350. The molecule has 0 atom stereocenters. The zero-order valence-corrected chi connectivity index (χ0v) is 16.2. The molecule has 4 nitrogen and oxygen atoms in total. The third-order valence-electron chi connectivity index (χ3n) is 3.73. The van der Waals surface area contributed by atoms with Crippen LogP contribution >= 0.6 is 11.8 Å². The van der Waals surface area contributed by atoms with Gasteiger partial charge in [-0.2, -0.15) is 0 Å². The van der Waals surface area contributed by atoms with Crippen LogP contribution in [0.3, 0.4) is 0 Å². The Morgan fingerprint density at radius 3 is 2.52 bits per heavy atom. The van der Waals surface area contributed by atoms with Crippen molar-refractivity contribution < 1.29 is 9.53 Å². The van der Waals surface area contributed by atoms with Crippen LogP contribution in [0.25, 0.3) is 0 Å². The van der Waals surface area contributed by atoms with E-state index in [9.17, 15) is 4.79 Å². The molecule has 0 aromatic heterocycles. The molecule has 2 aromatic rings. The Bertz CT molecular complexity index is 698. The summed E-state index contributed by atoms with van der Waals surface area (Å²) in [5, 5.41) is 2.97. The number of likely N-dealkylation sites (N-methyl/N-ethyl adjacent to an activating group) is 1. The number of anilines is 1. The van der Waals surface area contributed by atoms with Crippen LogP contribution in [0.5, 0.6) is 5.75 Å². The summed E-state index contributed by atoms with van der Waals surface area (Å²) in [6.45, 7) is 5.68. The highest BCUT2D eigenvalue weighted by Gasteiger charge is 2.09. The number of para-hydroxylation sites is 1. The second-order valence-corrected chi connectivity index (χ2v) is 7.01. The number of ether oxygens (including phenoxy) is 1. The van der Waals surface area contributed by atoms with Crippen molar-refractivity contribution in [2.45, 2.75) is 18.7 Å². The summed E-state index contributed by atoms with van der Waals surface area (Å²) in [5.74, 6) is 0.861. The van der Waals surface area contributed by atoms with Crippen molar-refractivity contribution >= 4 is 23.4 Å². The first-order valence-corrected chi connectivity index (χ1v) is 9.53. The lowest BCUT2D eigenvalue weighted by molar-refractivity contribution is -0.117. The molecule has 25 heavy (non-hydrogen) atoms. The molecule has 2 aromatic carbocycles. The molecule has 2 rings (SSSR count). The standard InChI is InChI=1S/C20H26N2O2S/c1-15-11-16(2)13-17(12-15)24-10-9-22(3)14-20(23)21-18-7-5-6-8-19(18)25-4/h5-8,11-13H,9-10,14H2,1-4H3,(H,21,23). The average molecular weight is 359 g/mol. The van der Waals surface area contributed by atoms with Crippen LogP contribution in [0.2, 0.25) is 0 Å². The molecule has 0 saturated carbocycles. The van der Waals surface area contributed by atoms with E-state index in [1.807, 2.05) is 54.6 Å². The number of carbonyl (C=O) groups excluding carboxylic acids is 1. The minimum Gasteiger partial charge on any atom is -0.492 e. The molecule has 0 bridgehead atoms. The first-order valence-electron chi connectivity index (χ1n) is 8.30. The monoisotopic (exact) mass is 358 g/mol. The zero-order chi connectivity index (χ0) is 18.2. The van der Waals surface area contributed by atoms with E-state index in [4.69, 9.17) is 4.74 Å². The molecular weight excluding hydrogens is 332 g/mol. The zero-order valence-electron chi connectivity index (χ0n) is 15.3. The molecule has 0 saturated heterocycles. The molecule has 134 valence electrons. The Balaban J connectivity index is 1.77. The van der Waals surface area contributed by atoms with E-state index in [1.165, 1.54) is 11.1 Å². The van der Waals surface area contributed by atoms with Crippen LogP contribution in [0.15, 0.2) is 47.4 Å². The summed E-state index contributed by atoms with van der Waals surface area (Å²) < 4.78 is 5.80. The highest BCUT2D eigenvalue weighted by atomic mass is 32.2. The van der Waals surface area contributed by atoms with Gasteiger partial charge < -0.3 is 10.1 Å². The molecule has 0 aliphatic heterocycles. The van der Waals surface area contributed by atoms with Gasteiger partial charge in [0.05, 0.1) is 12.2 Å². The number of rotatable bonds is 8. The fourth-order valence-corrected chi connectivity index (χ4v) is 3.15. The number of benzene rings is 2. The average Bonchev–Trinajstić information content (AvgIpc) is 2.54. The first kappa shape index (κ1) is 19.3. The second-order valence-electron chi connectivity index (χ2n) is 6.16. The Labute approximate surface area is 154 Å². The van der Waals surface area contributed by atoms with Gasteiger partial charge in [0, 0.05) is 11.4 Å². The van der Waals surface area contributed by atoms with Crippen LogP contribution in [0.4, 0.5) is 5.69 Å². The summed E-state index contributed by atoms with van der Waals surface area (Å²) >= 11 is 1.62. The van der Waals surface area contributed by atoms with E-state index < -0.39 is 0 Å². The van der Waals surface area contributed by atoms with E-state index in [-0.39, 0.29) is 5.91 Å². The van der Waals surface area contributed by atoms with Gasteiger partial charge in [0.25, 0.3) is 0 Å². The van der Waals surface area contributed by atoms with Gasteiger partial charge >= 0.3 is 0 Å². The number of amides is 1. The van der Waals surface area contributed by atoms with Crippen LogP contribution in [0.1, 0.15) is 11.1 Å². The maximum atomic E-state index is 12.2. The van der Waals surface area contributed by atoms with Crippen molar-refractivity contribution in [3.8, 4) is 5.75 Å². The van der Waals surface area contributed by atoms with Crippen molar-refractivity contribution in [3.05, 3.63) is 53.6 Å². The topological polar surface area (TPSA) is 41.6 Å². The molecule has 0 aliphatic rings. The molecule has 0 unspecified atom stereocenters. The lowest BCUT2D eigenvalue weighted by Gasteiger charge is -2.17. The van der Waals surface area contributed by atoms with E-state index >= 15 is 0 Å². The SMILES string of the molecule is CSc1ccccc1NC(=O)CN(C)CCOc1cc(C)cc(C)c1. The summed E-state index contributed by atoms with van der Waals surface area (Å²) in [5.41, 5.74) is 3.24. The highest BCUT2D eigenvalue weighted by Crippen LogP contribution is 2.24. The van der Waals surface area contributed by atoms with Gasteiger partial charge in [-0.15, -0.1) is 11.8 Å². The van der Waals surface area contributed by atoms with Crippen molar-refractivity contribution in [3.63, 3.8) is 0 Å². The molecule has 0 aliphatic carbocycles. The number of nitrogens with zero attached hydrogens (tertiary/aromatic N) is 1. The van der Waals surface area contributed by atoms with Gasteiger partial charge in [0.15, 0.2) is 0 Å². The van der Waals surface area contributed by atoms with Gasteiger partial charge in [-0.05, 0) is 62.5 Å². The first-order chi connectivity index (χ1) is 12.0. The van der Waals surface area contributed by atoms with E-state index in [2.05, 4.69) is 25.2 Å². The third-order valence-corrected chi connectivity index (χ3v) is 4.53. The largest absolute Gasteiger partial charge is 0.492 e. The summed E-state index contributed by atoms with van der Waals surface area (Å²) in [4.78, 5) is 15.2. The van der Waals surface area contributed by atoms with Crippen molar-refractivity contribution in [2.75, 3.05) is 38.3 Å².